The lowest BCUT2D eigenvalue weighted by atomic mass is 10.5. The summed E-state index contributed by atoms with van der Waals surface area (Å²) in [6, 6.07) is 0. The Kier molecular flexibility index (Phi) is 3.13. The summed E-state index contributed by atoms with van der Waals surface area (Å²) >= 11 is 2.96. The molecule has 0 aliphatic rings. The molecule has 0 saturated heterocycles. The fourth-order valence-corrected chi connectivity index (χ4v) is 2.26. The van der Waals surface area contributed by atoms with Crippen LogP contribution in [0.3, 0.4) is 0 Å². The second kappa shape index (κ2) is 3.84. The van der Waals surface area contributed by atoms with Crippen LogP contribution in [0.1, 0.15) is 0 Å². The molecule has 78 valence electrons. The van der Waals surface area contributed by atoms with Gasteiger partial charge in [-0.1, -0.05) is 0 Å². The molecular weight excluding hydrogens is 272 g/mol. The number of hydrogen-bond donors (Lipinski definition) is 1. The van der Waals surface area contributed by atoms with Crippen molar-refractivity contribution in [1.29, 1.82) is 0 Å². The standard InChI is InChI=1S/C7H9BrN2O3S/c1-10(2)14(12,13)6-4-9-3-5(8)7(6)11/h3-4H,1-2H3,(H,9,11). The molecule has 7 heteroatoms. The van der Waals surface area contributed by atoms with Gasteiger partial charge < -0.3 is 4.98 Å². The fourth-order valence-electron chi connectivity index (χ4n) is 0.828. The summed E-state index contributed by atoms with van der Waals surface area (Å²) in [4.78, 5) is 13.8. The van der Waals surface area contributed by atoms with E-state index in [-0.39, 0.29) is 9.37 Å². The molecular formula is C7H9BrN2O3S. The Hall–Kier alpha value is -0.660. The Morgan fingerprint density at radius 3 is 2.43 bits per heavy atom. The third-order valence-electron chi connectivity index (χ3n) is 1.62. The average Bonchev–Trinajstić information content (AvgIpc) is 2.09. The largest absolute Gasteiger partial charge is 0.365 e. The van der Waals surface area contributed by atoms with Crippen LogP contribution in [-0.4, -0.2) is 31.8 Å². The second-order valence-corrected chi connectivity index (χ2v) is 5.76. The summed E-state index contributed by atoms with van der Waals surface area (Å²) in [7, 11) is -0.929. The number of H-pyrrole nitrogens is 1. The van der Waals surface area contributed by atoms with E-state index < -0.39 is 15.5 Å². The normalized spacial score (nSPS) is 12.0. The predicted octanol–water partition coefficient (Wildman–Crippen LogP) is 0.388. The molecule has 0 saturated carbocycles. The second-order valence-electron chi connectivity index (χ2n) is 2.78. The van der Waals surface area contributed by atoms with Gasteiger partial charge in [0, 0.05) is 26.5 Å². The molecule has 5 nitrogen and oxygen atoms in total. The molecule has 14 heavy (non-hydrogen) atoms. The SMILES string of the molecule is CN(C)S(=O)(=O)c1c[nH]cc(Br)c1=O. The first-order valence-corrected chi connectivity index (χ1v) is 5.90. The first-order valence-electron chi connectivity index (χ1n) is 3.66. The fraction of sp³-hybridized carbons (Fsp3) is 0.286. The van der Waals surface area contributed by atoms with Gasteiger partial charge in [0.15, 0.2) is 0 Å². The van der Waals surface area contributed by atoms with Crippen molar-refractivity contribution in [1.82, 2.24) is 9.29 Å². The van der Waals surface area contributed by atoms with Crippen molar-refractivity contribution in [2.24, 2.45) is 0 Å². The zero-order valence-electron chi connectivity index (χ0n) is 7.61. The minimum absolute atomic E-state index is 0.195. The van der Waals surface area contributed by atoms with Gasteiger partial charge in [0.1, 0.15) is 4.90 Å². The number of pyridine rings is 1. The van der Waals surface area contributed by atoms with Crippen molar-refractivity contribution < 1.29 is 8.42 Å². The summed E-state index contributed by atoms with van der Waals surface area (Å²) in [6.45, 7) is 0. The minimum atomic E-state index is -3.67. The van der Waals surface area contributed by atoms with E-state index in [9.17, 15) is 13.2 Å². The van der Waals surface area contributed by atoms with Gasteiger partial charge in [-0.3, -0.25) is 4.79 Å². The zero-order valence-corrected chi connectivity index (χ0v) is 10.0. The topological polar surface area (TPSA) is 70.2 Å². The lowest BCUT2D eigenvalue weighted by Crippen LogP contribution is -2.27. The van der Waals surface area contributed by atoms with Gasteiger partial charge in [-0.05, 0) is 15.9 Å². The summed E-state index contributed by atoms with van der Waals surface area (Å²) in [5, 5.41) is 0. The molecule has 0 aromatic carbocycles. The zero-order chi connectivity index (χ0) is 10.9. The van der Waals surface area contributed by atoms with Crippen LogP contribution in [-0.2, 0) is 10.0 Å². The summed E-state index contributed by atoms with van der Waals surface area (Å²) in [5.74, 6) is 0. The summed E-state index contributed by atoms with van der Waals surface area (Å²) in [5.41, 5.74) is -0.544. The lowest BCUT2D eigenvalue weighted by Gasteiger charge is -2.10. The van der Waals surface area contributed by atoms with Crippen LogP contribution in [0.4, 0.5) is 0 Å². The number of aromatic amines is 1. The maximum Gasteiger partial charge on any atom is 0.247 e. The highest BCUT2D eigenvalue weighted by molar-refractivity contribution is 9.10. The van der Waals surface area contributed by atoms with Crippen LogP contribution in [0.25, 0.3) is 0 Å². The average molecular weight is 281 g/mol. The van der Waals surface area contributed by atoms with Gasteiger partial charge in [0.25, 0.3) is 0 Å². The van der Waals surface area contributed by atoms with Crippen molar-refractivity contribution in [3.8, 4) is 0 Å². The van der Waals surface area contributed by atoms with Gasteiger partial charge in [-0.25, -0.2) is 12.7 Å². The molecule has 0 spiro atoms. The number of nitrogens with zero attached hydrogens (tertiary/aromatic N) is 1. The number of rotatable bonds is 2. The Morgan fingerprint density at radius 2 is 1.93 bits per heavy atom. The molecule has 0 aliphatic carbocycles. The number of halogens is 1. The molecule has 1 heterocycles. The molecule has 0 bridgehead atoms. The van der Waals surface area contributed by atoms with Crippen molar-refractivity contribution >= 4 is 26.0 Å². The van der Waals surface area contributed by atoms with E-state index in [1.54, 1.807) is 0 Å². The maximum absolute atomic E-state index is 11.6. The van der Waals surface area contributed by atoms with Crippen LogP contribution in [0, 0.1) is 0 Å². The van der Waals surface area contributed by atoms with E-state index in [2.05, 4.69) is 20.9 Å². The molecule has 0 unspecified atom stereocenters. The van der Waals surface area contributed by atoms with Crippen molar-refractivity contribution in [2.45, 2.75) is 4.90 Å². The Labute approximate surface area is 89.9 Å². The smallest absolute Gasteiger partial charge is 0.247 e. The highest BCUT2D eigenvalue weighted by Crippen LogP contribution is 2.09. The number of sulfonamides is 1. The number of hydrogen-bond acceptors (Lipinski definition) is 3. The van der Waals surface area contributed by atoms with E-state index in [1.165, 1.54) is 26.5 Å². The first-order chi connectivity index (χ1) is 6.37. The Morgan fingerprint density at radius 1 is 1.36 bits per heavy atom. The van der Waals surface area contributed by atoms with Crippen molar-refractivity contribution in [2.75, 3.05) is 14.1 Å². The molecule has 1 rings (SSSR count). The predicted molar refractivity (Wildman–Crippen MR) is 55.6 cm³/mol. The van der Waals surface area contributed by atoms with Crippen LogP contribution in [0.2, 0.25) is 0 Å². The third kappa shape index (κ3) is 1.89. The monoisotopic (exact) mass is 280 g/mol. The first kappa shape index (κ1) is 11.4. The Bertz CT molecular complexity index is 492. The third-order valence-corrected chi connectivity index (χ3v) is 4.03. The lowest BCUT2D eigenvalue weighted by molar-refractivity contribution is 0.519. The van der Waals surface area contributed by atoms with Gasteiger partial charge >= 0.3 is 0 Å². The minimum Gasteiger partial charge on any atom is -0.365 e. The van der Waals surface area contributed by atoms with Crippen LogP contribution >= 0.6 is 15.9 Å². The molecule has 0 radical (unpaired) electrons. The quantitative estimate of drug-likeness (QED) is 0.852. The van der Waals surface area contributed by atoms with Gasteiger partial charge in [-0.15, -0.1) is 0 Å². The van der Waals surface area contributed by atoms with E-state index >= 15 is 0 Å². The summed E-state index contributed by atoms with van der Waals surface area (Å²) < 4.78 is 24.4. The maximum atomic E-state index is 11.6. The molecule has 1 aromatic rings. The molecule has 0 aliphatic heterocycles. The van der Waals surface area contributed by atoms with Gasteiger partial charge in [0.2, 0.25) is 15.5 Å². The highest BCUT2D eigenvalue weighted by Gasteiger charge is 2.21. The van der Waals surface area contributed by atoms with Gasteiger partial charge in [0.05, 0.1) is 4.47 Å². The van der Waals surface area contributed by atoms with Crippen molar-refractivity contribution in [3.05, 3.63) is 27.1 Å². The number of nitrogens with one attached hydrogen (secondary N) is 1. The van der Waals surface area contributed by atoms with E-state index in [4.69, 9.17) is 0 Å². The molecule has 1 N–H and O–H groups in total. The van der Waals surface area contributed by atoms with E-state index in [0.29, 0.717) is 0 Å². The van der Waals surface area contributed by atoms with Crippen LogP contribution < -0.4 is 5.43 Å². The van der Waals surface area contributed by atoms with E-state index in [0.717, 1.165) is 4.31 Å². The number of aromatic nitrogens is 1. The van der Waals surface area contributed by atoms with Crippen molar-refractivity contribution in [3.63, 3.8) is 0 Å². The molecule has 0 atom stereocenters. The highest BCUT2D eigenvalue weighted by atomic mass is 79.9. The van der Waals surface area contributed by atoms with Crippen LogP contribution in [0.15, 0.2) is 26.6 Å². The molecule has 1 aromatic heterocycles. The van der Waals surface area contributed by atoms with E-state index in [1.807, 2.05) is 0 Å². The summed E-state index contributed by atoms with van der Waals surface area (Å²) in [6.07, 6.45) is 2.56. The van der Waals surface area contributed by atoms with Crippen LogP contribution in [0.5, 0.6) is 0 Å². The molecule has 0 amide bonds. The van der Waals surface area contributed by atoms with Gasteiger partial charge in [-0.2, -0.15) is 0 Å². The Balaban J connectivity index is 3.50. The molecule has 0 fully saturated rings.